The van der Waals surface area contributed by atoms with E-state index in [2.05, 4.69) is 175 Å². The van der Waals surface area contributed by atoms with Crippen LogP contribution < -0.4 is 9.96 Å². The van der Waals surface area contributed by atoms with Gasteiger partial charge in [0, 0.05) is 0 Å². The SMILES string of the molecule is Cl.Cl.[CH2]=[Hf]([C]1=CC=CC1)([c]1ccc2ccccc2c1)([c]1ccc2ccccc2c1)[c]1c(C(C)(C)C)ccc2c1Cc1cc(C(C)(C)C)ccc1-2. The van der Waals surface area contributed by atoms with Gasteiger partial charge in [-0.2, -0.15) is 0 Å². The molecule has 0 radical (unpaired) electrons. The number of rotatable bonds is 4. The summed E-state index contributed by atoms with van der Waals surface area (Å²) in [5, 5.41) is 5.13. The van der Waals surface area contributed by atoms with Gasteiger partial charge in [0.1, 0.15) is 0 Å². The Hall–Kier alpha value is -3.36. The predicted molar refractivity (Wildman–Crippen MR) is 222 cm³/mol. The van der Waals surface area contributed by atoms with Gasteiger partial charge in [-0.25, -0.2) is 0 Å². The van der Waals surface area contributed by atoms with Crippen LogP contribution in [0.2, 0.25) is 0 Å². The Morgan fingerprint density at radius 3 is 1.66 bits per heavy atom. The van der Waals surface area contributed by atoms with Gasteiger partial charge in [-0.15, -0.1) is 24.8 Å². The van der Waals surface area contributed by atoms with Crippen LogP contribution in [0.5, 0.6) is 0 Å². The molecule has 6 aromatic carbocycles. The van der Waals surface area contributed by atoms with E-state index in [9.17, 15) is 0 Å². The molecule has 0 saturated heterocycles. The summed E-state index contributed by atoms with van der Waals surface area (Å²) in [6.45, 7) is 14.2. The van der Waals surface area contributed by atoms with Crippen molar-refractivity contribution in [2.24, 2.45) is 0 Å². The average Bonchev–Trinajstić information content (AvgIpc) is 3.75. The van der Waals surface area contributed by atoms with E-state index in [0.29, 0.717) is 0 Å². The first kappa shape index (κ1) is 36.4. The summed E-state index contributed by atoms with van der Waals surface area (Å²) in [5.74, 6) is 0. The third-order valence-corrected chi connectivity index (χ3v) is 35.4. The third kappa shape index (κ3) is 5.39. The molecule has 0 aromatic heterocycles. The molecule has 254 valence electrons. The molecule has 6 aromatic rings. The van der Waals surface area contributed by atoms with Gasteiger partial charge >= 0.3 is 289 Å². The number of halogens is 2. The Balaban J connectivity index is 0.00000216. The van der Waals surface area contributed by atoms with Gasteiger partial charge < -0.3 is 0 Å². The second-order valence-electron chi connectivity index (χ2n) is 16.5. The monoisotopic (exact) mass is 862 g/mol. The molecule has 0 atom stereocenters. The average molecular weight is 862 g/mol. The fraction of sp³-hybridized carbons (Fsp3) is 0.213. The van der Waals surface area contributed by atoms with Crippen molar-refractivity contribution in [1.82, 2.24) is 0 Å². The molecule has 0 spiro atoms. The van der Waals surface area contributed by atoms with Crippen molar-refractivity contribution in [2.45, 2.75) is 65.2 Å². The van der Waals surface area contributed by atoms with Gasteiger partial charge in [0.25, 0.3) is 0 Å². The number of fused-ring (bicyclic) bond motifs is 5. The molecule has 0 saturated carbocycles. The van der Waals surface area contributed by atoms with Crippen LogP contribution in [0.1, 0.15) is 70.2 Å². The van der Waals surface area contributed by atoms with E-state index in [1.807, 2.05) is 0 Å². The van der Waals surface area contributed by atoms with Crippen molar-refractivity contribution in [3.05, 3.63) is 159 Å². The molecule has 0 heterocycles. The van der Waals surface area contributed by atoms with E-state index in [1.165, 1.54) is 64.9 Å². The molecule has 0 bridgehead atoms. The minimum absolute atomic E-state index is 0. The van der Waals surface area contributed by atoms with E-state index in [-0.39, 0.29) is 35.6 Å². The first-order valence-corrected chi connectivity index (χ1v) is 27.3. The van der Waals surface area contributed by atoms with Gasteiger partial charge in [-0.1, -0.05) is 0 Å². The first-order valence-electron chi connectivity index (χ1n) is 17.6. The van der Waals surface area contributed by atoms with E-state index in [1.54, 1.807) is 3.32 Å². The summed E-state index contributed by atoms with van der Waals surface area (Å²) in [6.07, 6.45) is 8.99. The van der Waals surface area contributed by atoms with Crippen molar-refractivity contribution in [1.29, 1.82) is 0 Å². The maximum atomic E-state index is 5.89. The summed E-state index contributed by atoms with van der Waals surface area (Å²) < 4.78 is 11.8. The molecule has 0 N–H and O–H groups in total. The third-order valence-electron chi connectivity index (χ3n) is 11.6. The summed E-state index contributed by atoms with van der Waals surface area (Å²) in [7, 11) is 0. The van der Waals surface area contributed by atoms with E-state index in [0.717, 1.165) is 12.8 Å². The van der Waals surface area contributed by atoms with Crippen molar-refractivity contribution >= 4 is 60.6 Å². The van der Waals surface area contributed by atoms with Crippen LogP contribution in [0.4, 0.5) is 0 Å². The second-order valence-corrected chi connectivity index (χ2v) is 35.2. The van der Waals surface area contributed by atoms with Crippen molar-refractivity contribution in [2.75, 3.05) is 0 Å². The first-order chi connectivity index (χ1) is 22.9. The number of hydrogen-bond acceptors (Lipinski definition) is 0. The van der Waals surface area contributed by atoms with Crippen LogP contribution in [0, 0.1) is 0 Å². The van der Waals surface area contributed by atoms with Crippen LogP contribution in [0.15, 0.2) is 137 Å². The molecule has 2 aliphatic rings. The molecule has 8 rings (SSSR count). The summed E-state index contributed by atoms with van der Waals surface area (Å²) in [6, 6.07) is 44.6. The minimum atomic E-state index is -5.21. The zero-order valence-corrected chi connectivity index (χ0v) is 35.4. The van der Waals surface area contributed by atoms with Crippen molar-refractivity contribution < 1.29 is 18.0 Å². The topological polar surface area (TPSA) is 0 Å². The van der Waals surface area contributed by atoms with E-state index >= 15 is 0 Å². The molecular formula is C47H48Cl2Hf. The standard InChI is InChI=1S/C21H25.2C10H7.C5H5.CH2.2ClH.Hf/c1-20(2,3)16-7-9-18-14(12-16)11-15-13-17(21(4,5)6)8-10-19(15)18;2*1-2-6-10-8-4-3-7-9(10)5-1;1-2-4-5-3-1;;;;/h7-10,12H,11H2,1-6H3;2*1-3,5-8H;1-3H,4H2;1H2;2*1H;. The zero-order valence-electron chi connectivity index (χ0n) is 30.1. The Morgan fingerprint density at radius 1 is 0.580 bits per heavy atom. The van der Waals surface area contributed by atoms with Crippen molar-refractivity contribution in [3.63, 3.8) is 0 Å². The fourth-order valence-electron chi connectivity index (χ4n) is 8.91. The number of hydrogen-bond donors (Lipinski definition) is 0. The van der Waals surface area contributed by atoms with Crippen LogP contribution in [-0.2, 0) is 35.3 Å². The summed E-state index contributed by atoms with van der Waals surface area (Å²) in [4.78, 5) is 0. The Kier molecular flexibility index (Phi) is 9.25. The van der Waals surface area contributed by atoms with E-state index in [4.69, 9.17) is 4.26 Å². The number of allylic oxidation sites excluding steroid dienone is 4. The zero-order chi connectivity index (χ0) is 33.5. The molecule has 0 amide bonds. The summed E-state index contributed by atoms with van der Waals surface area (Å²) in [5.41, 5.74) is 8.60. The second kappa shape index (κ2) is 12.7. The fourth-order valence-corrected chi connectivity index (χ4v) is 33.3. The quantitative estimate of drug-likeness (QED) is 0.155. The Bertz CT molecular complexity index is 2340. The molecule has 50 heavy (non-hydrogen) atoms. The predicted octanol–water partition coefficient (Wildman–Crippen LogP) is 11.2. The van der Waals surface area contributed by atoms with Crippen LogP contribution >= 0.6 is 24.8 Å². The van der Waals surface area contributed by atoms with Gasteiger partial charge in [0.15, 0.2) is 0 Å². The molecule has 0 unspecified atom stereocenters. The maximum absolute atomic E-state index is 5.89. The summed E-state index contributed by atoms with van der Waals surface area (Å²) >= 11 is -5.21. The van der Waals surface area contributed by atoms with Gasteiger partial charge in [-0.05, 0) is 0 Å². The Labute approximate surface area is 311 Å². The number of benzene rings is 6. The molecule has 0 nitrogen and oxygen atoms in total. The van der Waals surface area contributed by atoms with Crippen molar-refractivity contribution in [3.8, 4) is 11.1 Å². The normalized spacial score (nSPS) is 14.2. The molecule has 2 aliphatic carbocycles. The van der Waals surface area contributed by atoms with Gasteiger partial charge in [0.05, 0.1) is 0 Å². The van der Waals surface area contributed by atoms with E-state index < -0.39 is 18.0 Å². The molecular weight excluding hydrogens is 814 g/mol. The van der Waals surface area contributed by atoms with Crippen LogP contribution in [-0.4, -0.2) is 4.26 Å². The van der Waals surface area contributed by atoms with Gasteiger partial charge in [0.2, 0.25) is 0 Å². The van der Waals surface area contributed by atoms with Gasteiger partial charge in [-0.3, -0.25) is 0 Å². The van der Waals surface area contributed by atoms with Crippen LogP contribution in [0.25, 0.3) is 32.7 Å². The molecule has 0 fully saturated rings. The molecule has 3 heteroatoms. The Morgan fingerprint density at radius 2 is 1.14 bits per heavy atom. The van der Waals surface area contributed by atoms with Crippen LogP contribution in [0.3, 0.4) is 0 Å². The molecule has 0 aliphatic heterocycles.